The van der Waals surface area contributed by atoms with Gasteiger partial charge in [0.1, 0.15) is 5.82 Å². The minimum absolute atomic E-state index is 0.123. The van der Waals surface area contributed by atoms with Crippen molar-refractivity contribution >= 4 is 23.5 Å². The van der Waals surface area contributed by atoms with Gasteiger partial charge in [-0.05, 0) is 49.6 Å². The average molecular weight is 418 g/mol. The quantitative estimate of drug-likeness (QED) is 0.670. The zero-order chi connectivity index (χ0) is 21.5. The molecule has 0 unspecified atom stereocenters. The molecule has 31 heavy (non-hydrogen) atoms. The molecule has 1 fully saturated rings. The maximum absolute atomic E-state index is 12.5. The second-order valence-corrected chi connectivity index (χ2v) is 7.94. The summed E-state index contributed by atoms with van der Waals surface area (Å²) >= 11 is 0. The predicted octanol–water partition coefficient (Wildman–Crippen LogP) is 2.74. The van der Waals surface area contributed by atoms with Crippen LogP contribution in [-0.2, 0) is 4.79 Å². The number of aromatic carboxylic acids is 1. The van der Waals surface area contributed by atoms with E-state index >= 15 is 0 Å². The molecule has 9 nitrogen and oxygen atoms in total. The van der Waals surface area contributed by atoms with Crippen molar-refractivity contribution in [2.45, 2.75) is 32.1 Å². The number of aryl methyl sites for hydroxylation is 1. The van der Waals surface area contributed by atoms with Crippen molar-refractivity contribution in [2.75, 3.05) is 23.3 Å². The van der Waals surface area contributed by atoms with Gasteiger partial charge in [-0.2, -0.15) is 9.78 Å². The Morgan fingerprint density at radius 2 is 1.74 bits per heavy atom. The predicted molar refractivity (Wildman–Crippen MR) is 114 cm³/mol. The molecule has 1 saturated heterocycles. The number of nitrogens with one attached hydrogen (secondary N) is 1. The third kappa shape index (κ3) is 3.41. The van der Waals surface area contributed by atoms with Gasteiger partial charge >= 0.3 is 5.97 Å². The standard InChI is InChI=1S/C22H22N6O3/c1-13-20-16(14-4-6-15(7-5-14)22(30)31)12-19(29)23-21(20)28(26-13)18-9-8-17(24-25-18)27-10-2-3-11-27/h4-9,16H,2-3,10-12H2,1H3,(H,23,29)(H,30,31)/t16-/m0/s1. The van der Waals surface area contributed by atoms with Crippen LogP contribution in [0.3, 0.4) is 0 Å². The molecule has 0 radical (unpaired) electrons. The summed E-state index contributed by atoms with van der Waals surface area (Å²) in [5.41, 5.74) is 2.78. The van der Waals surface area contributed by atoms with Crippen LogP contribution in [0.4, 0.5) is 11.6 Å². The van der Waals surface area contributed by atoms with Crippen molar-refractivity contribution in [3.05, 3.63) is 58.8 Å². The third-order valence-electron chi connectivity index (χ3n) is 5.95. The number of carboxylic acid groups (broad SMARTS) is 1. The molecule has 2 aromatic heterocycles. The van der Waals surface area contributed by atoms with E-state index in [2.05, 4.69) is 25.5 Å². The van der Waals surface area contributed by atoms with Crippen molar-refractivity contribution in [2.24, 2.45) is 0 Å². The van der Waals surface area contributed by atoms with E-state index in [1.54, 1.807) is 28.9 Å². The summed E-state index contributed by atoms with van der Waals surface area (Å²) in [6, 6.07) is 10.4. The molecule has 0 spiro atoms. The van der Waals surface area contributed by atoms with E-state index in [4.69, 9.17) is 5.11 Å². The lowest BCUT2D eigenvalue weighted by molar-refractivity contribution is -0.116. The molecule has 3 aromatic rings. The summed E-state index contributed by atoms with van der Waals surface area (Å²) in [6.45, 7) is 3.88. The highest BCUT2D eigenvalue weighted by atomic mass is 16.4. The number of hydrogen-bond donors (Lipinski definition) is 2. The smallest absolute Gasteiger partial charge is 0.335 e. The van der Waals surface area contributed by atoms with Crippen LogP contribution >= 0.6 is 0 Å². The lowest BCUT2D eigenvalue weighted by atomic mass is 9.85. The molecule has 1 amide bonds. The number of hydrogen-bond acceptors (Lipinski definition) is 6. The van der Waals surface area contributed by atoms with Crippen LogP contribution in [0.15, 0.2) is 36.4 Å². The topological polar surface area (TPSA) is 113 Å². The second-order valence-electron chi connectivity index (χ2n) is 7.94. The molecule has 5 rings (SSSR count). The van der Waals surface area contributed by atoms with Gasteiger partial charge in [0.2, 0.25) is 5.91 Å². The van der Waals surface area contributed by atoms with Crippen molar-refractivity contribution in [1.82, 2.24) is 20.0 Å². The fraction of sp³-hybridized carbons (Fsp3) is 0.318. The van der Waals surface area contributed by atoms with Crippen LogP contribution in [0.1, 0.15) is 52.4 Å². The Kier molecular flexibility index (Phi) is 4.65. The first kappa shape index (κ1) is 19.2. The van der Waals surface area contributed by atoms with Crippen molar-refractivity contribution in [3.63, 3.8) is 0 Å². The molecule has 158 valence electrons. The summed E-state index contributed by atoms with van der Waals surface area (Å²) in [5.74, 6) is 0.659. The molecular weight excluding hydrogens is 396 g/mol. The second kappa shape index (κ2) is 7.50. The Morgan fingerprint density at radius 3 is 2.39 bits per heavy atom. The van der Waals surface area contributed by atoms with E-state index < -0.39 is 5.97 Å². The van der Waals surface area contributed by atoms with E-state index in [9.17, 15) is 9.59 Å². The van der Waals surface area contributed by atoms with Gasteiger partial charge < -0.3 is 15.3 Å². The number of carbonyl (C=O) groups excluding carboxylic acids is 1. The van der Waals surface area contributed by atoms with Gasteiger partial charge in [0.25, 0.3) is 0 Å². The highest BCUT2D eigenvalue weighted by Gasteiger charge is 2.33. The molecule has 4 heterocycles. The first-order chi connectivity index (χ1) is 15.0. The number of amides is 1. The minimum atomic E-state index is -0.978. The van der Waals surface area contributed by atoms with Crippen molar-refractivity contribution < 1.29 is 14.7 Å². The van der Waals surface area contributed by atoms with Crippen LogP contribution in [0.5, 0.6) is 0 Å². The highest BCUT2D eigenvalue weighted by Crippen LogP contribution is 2.40. The first-order valence-corrected chi connectivity index (χ1v) is 10.3. The largest absolute Gasteiger partial charge is 0.478 e. The fourth-order valence-electron chi connectivity index (χ4n) is 4.40. The molecule has 2 aliphatic heterocycles. The summed E-state index contributed by atoms with van der Waals surface area (Å²) < 4.78 is 1.63. The lowest BCUT2D eigenvalue weighted by Crippen LogP contribution is -2.25. The molecule has 2 N–H and O–H groups in total. The first-order valence-electron chi connectivity index (χ1n) is 10.3. The Morgan fingerprint density at radius 1 is 1.06 bits per heavy atom. The molecule has 1 aromatic carbocycles. The van der Waals surface area contributed by atoms with Crippen LogP contribution in [0.25, 0.3) is 5.82 Å². The van der Waals surface area contributed by atoms with Gasteiger partial charge in [-0.1, -0.05) is 12.1 Å². The van der Waals surface area contributed by atoms with E-state index in [1.165, 1.54) is 0 Å². The maximum Gasteiger partial charge on any atom is 0.335 e. The number of carboxylic acids is 1. The Balaban J connectivity index is 1.52. The summed E-state index contributed by atoms with van der Waals surface area (Å²) in [5, 5.41) is 25.5. The van der Waals surface area contributed by atoms with Gasteiger partial charge in [0.15, 0.2) is 11.6 Å². The molecule has 9 heteroatoms. The maximum atomic E-state index is 12.5. The molecule has 0 aliphatic carbocycles. The van der Waals surface area contributed by atoms with Gasteiger partial charge in [0.05, 0.1) is 11.3 Å². The minimum Gasteiger partial charge on any atom is -0.478 e. The van der Waals surface area contributed by atoms with Gasteiger partial charge in [-0.25, -0.2) is 4.79 Å². The fourth-order valence-corrected chi connectivity index (χ4v) is 4.40. The number of carbonyl (C=O) groups is 2. The van der Waals surface area contributed by atoms with E-state index in [-0.39, 0.29) is 23.8 Å². The molecule has 0 saturated carbocycles. The Hall–Kier alpha value is -3.75. The lowest BCUT2D eigenvalue weighted by Gasteiger charge is -2.24. The van der Waals surface area contributed by atoms with E-state index in [1.807, 2.05) is 19.1 Å². The zero-order valence-electron chi connectivity index (χ0n) is 17.1. The number of anilines is 2. The van der Waals surface area contributed by atoms with Crippen LogP contribution in [-0.4, -0.2) is 50.1 Å². The van der Waals surface area contributed by atoms with Gasteiger partial charge in [0, 0.05) is 31.0 Å². The summed E-state index contributed by atoms with van der Waals surface area (Å²) in [4.78, 5) is 25.9. The van der Waals surface area contributed by atoms with Gasteiger partial charge in [-0.3, -0.25) is 4.79 Å². The van der Waals surface area contributed by atoms with Crippen molar-refractivity contribution in [3.8, 4) is 5.82 Å². The SMILES string of the molecule is Cc1nn(-c2ccc(N3CCCC3)nn2)c2c1[C@H](c1ccc(C(=O)O)cc1)CC(=O)N2. The van der Waals surface area contributed by atoms with Crippen molar-refractivity contribution in [1.29, 1.82) is 0 Å². The number of aromatic nitrogens is 4. The van der Waals surface area contributed by atoms with Gasteiger partial charge in [-0.15, -0.1) is 10.2 Å². The average Bonchev–Trinajstić information content (AvgIpc) is 3.42. The zero-order valence-corrected chi connectivity index (χ0v) is 17.1. The monoisotopic (exact) mass is 418 g/mol. The third-order valence-corrected chi connectivity index (χ3v) is 5.95. The summed E-state index contributed by atoms with van der Waals surface area (Å²) in [6.07, 6.45) is 2.60. The van der Waals surface area contributed by atoms with E-state index in [0.29, 0.717) is 11.6 Å². The summed E-state index contributed by atoms with van der Waals surface area (Å²) in [7, 11) is 0. The van der Waals surface area contributed by atoms with E-state index in [0.717, 1.165) is 48.6 Å². The molecule has 2 aliphatic rings. The van der Waals surface area contributed by atoms with Crippen LogP contribution < -0.4 is 10.2 Å². The number of rotatable bonds is 4. The molecular formula is C22H22N6O3. The van der Waals surface area contributed by atoms with Crippen LogP contribution in [0, 0.1) is 6.92 Å². The van der Waals surface area contributed by atoms with Crippen LogP contribution in [0.2, 0.25) is 0 Å². The Labute approximate surface area is 178 Å². The Bertz CT molecular complexity index is 1150. The highest BCUT2D eigenvalue weighted by molar-refractivity contribution is 5.95. The number of fused-ring (bicyclic) bond motifs is 1. The molecule has 0 bridgehead atoms. The normalized spacial score (nSPS) is 18.0. The molecule has 1 atom stereocenters. The number of nitrogens with zero attached hydrogens (tertiary/aromatic N) is 5. The number of benzene rings is 1.